The van der Waals surface area contributed by atoms with E-state index in [4.69, 9.17) is 0 Å². The highest BCUT2D eigenvalue weighted by Gasteiger charge is 2.29. The first-order valence-electron chi connectivity index (χ1n) is 8.91. The monoisotopic (exact) mass is 353 g/mol. The van der Waals surface area contributed by atoms with Crippen LogP contribution in [0.15, 0.2) is 47.9 Å². The largest absolute Gasteiger partial charge is 0.339 e. The van der Waals surface area contributed by atoms with E-state index in [1.54, 1.807) is 11.0 Å². The van der Waals surface area contributed by atoms with Gasteiger partial charge in [0.2, 0.25) is 5.91 Å². The van der Waals surface area contributed by atoms with Crippen molar-refractivity contribution in [2.45, 2.75) is 0 Å². The molecule has 0 atom stereocenters. The molecule has 0 bridgehead atoms. The van der Waals surface area contributed by atoms with Crippen LogP contribution in [0, 0.1) is 0 Å². The molecule has 136 valence electrons. The van der Waals surface area contributed by atoms with Crippen LogP contribution in [0.25, 0.3) is 0 Å². The van der Waals surface area contributed by atoms with Crippen LogP contribution in [0.4, 0.5) is 5.69 Å². The quantitative estimate of drug-likeness (QED) is 0.818. The van der Waals surface area contributed by atoms with Gasteiger partial charge in [0.15, 0.2) is 0 Å². The third-order valence-corrected chi connectivity index (χ3v) is 5.03. The maximum absolute atomic E-state index is 13.0. The Balaban J connectivity index is 1.55. The molecular weight excluding hydrogens is 330 g/mol. The SMILES string of the molecule is CN1CCN(CC(=O)N2CC=CC3=C2Nc2ccccc2C(=O)N3)CC1. The van der Waals surface area contributed by atoms with Crippen molar-refractivity contribution in [1.82, 2.24) is 20.0 Å². The van der Waals surface area contributed by atoms with E-state index in [2.05, 4.69) is 27.5 Å². The zero-order valence-electron chi connectivity index (χ0n) is 14.9. The molecule has 1 aromatic rings. The number of allylic oxidation sites excluding steroid dienone is 1. The predicted octanol–water partition coefficient (Wildman–Crippen LogP) is 0.657. The average molecular weight is 353 g/mol. The number of rotatable bonds is 2. The number of hydrogen-bond donors (Lipinski definition) is 2. The number of nitrogens with one attached hydrogen (secondary N) is 2. The number of amides is 2. The molecule has 3 aliphatic heterocycles. The van der Waals surface area contributed by atoms with Crippen molar-refractivity contribution in [1.29, 1.82) is 0 Å². The van der Waals surface area contributed by atoms with Gasteiger partial charge in [-0.25, -0.2) is 0 Å². The van der Waals surface area contributed by atoms with E-state index in [9.17, 15) is 9.59 Å². The Morgan fingerprint density at radius 3 is 2.69 bits per heavy atom. The number of piperazine rings is 1. The lowest BCUT2D eigenvalue weighted by Gasteiger charge is -2.34. The summed E-state index contributed by atoms with van der Waals surface area (Å²) in [6.45, 7) is 4.62. The van der Waals surface area contributed by atoms with Gasteiger partial charge < -0.3 is 15.5 Å². The standard InChI is InChI=1S/C19H23N5O2/c1-22-9-11-23(12-10-22)13-17(25)24-8-4-7-16-18(24)20-15-6-3-2-5-14(15)19(26)21-16/h2-7,20H,8-13H2,1H3,(H,21,26). The summed E-state index contributed by atoms with van der Waals surface area (Å²) < 4.78 is 0. The second-order valence-electron chi connectivity index (χ2n) is 6.87. The summed E-state index contributed by atoms with van der Waals surface area (Å²) in [5, 5.41) is 6.20. The Kier molecular flexibility index (Phi) is 4.48. The number of hydrogen-bond acceptors (Lipinski definition) is 5. The first kappa shape index (κ1) is 16.8. The number of benzene rings is 1. The number of carbonyl (C=O) groups excluding carboxylic acids is 2. The fourth-order valence-electron chi connectivity index (χ4n) is 3.44. The van der Waals surface area contributed by atoms with Gasteiger partial charge in [-0.2, -0.15) is 0 Å². The average Bonchev–Trinajstić information content (AvgIpc) is 2.79. The third kappa shape index (κ3) is 3.23. The van der Waals surface area contributed by atoms with E-state index in [0.29, 0.717) is 35.9 Å². The van der Waals surface area contributed by atoms with Gasteiger partial charge in [0.05, 0.1) is 23.5 Å². The molecule has 4 rings (SSSR count). The molecule has 0 aromatic heterocycles. The van der Waals surface area contributed by atoms with Crippen molar-refractivity contribution in [3.05, 3.63) is 53.5 Å². The van der Waals surface area contributed by atoms with Gasteiger partial charge in [-0.1, -0.05) is 18.2 Å². The van der Waals surface area contributed by atoms with Gasteiger partial charge in [-0.15, -0.1) is 0 Å². The molecule has 0 unspecified atom stereocenters. The minimum absolute atomic E-state index is 0.0348. The minimum Gasteiger partial charge on any atom is -0.339 e. The lowest BCUT2D eigenvalue weighted by Crippen LogP contribution is -2.49. The van der Waals surface area contributed by atoms with Crippen LogP contribution in [0.3, 0.4) is 0 Å². The number of anilines is 1. The maximum atomic E-state index is 13.0. The van der Waals surface area contributed by atoms with Crippen molar-refractivity contribution >= 4 is 17.5 Å². The number of para-hydroxylation sites is 1. The molecule has 0 saturated carbocycles. The van der Waals surface area contributed by atoms with Gasteiger partial charge >= 0.3 is 0 Å². The predicted molar refractivity (Wildman–Crippen MR) is 99.3 cm³/mol. The van der Waals surface area contributed by atoms with E-state index >= 15 is 0 Å². The second kappa shape index (κ2) is 6.93. The molecule has 0 aliphatic carbocycles. The Morgan fingerprint density at radius 2 is 1.88 bits per heavy atom. The molecule has 1 fully saturated rings. The molecule has 7 nitrogen and oxygen atoms in total. The highest BCUT2D eigenvalue weighted by molar-refractivity contribution is 6.02. The van der Waals surface area contributed by atoms with Crippen LogP contribution in [-0.2, 0) is 4.79 Å². The lowest BCUT2D eigenvalue weighted by atomic mass is 10.1. The summed E-state index contributed by atoms with van der Waals surface area (Å²) in [7, 11) is 2.10. The molecule has 1 aromatic carbocycles. The van der Waals surface area contributed by atoms with Crippen LogP contribution in [0.5, 0.6) is 0 Å². The molecule has 1 saturated heterocycles. The van der Waals surface area contributed by atoms with Crippen LogP contribution in [0.2, 0.25) is 0 Å². The number of likely N-dealkylation sites (N-methyl/N-ethyl adjacent to an activating group) is 1. The van der Waals surface area contributed by atoms with E-state index in [0.717, 1.165) is 26.2 Å². The zero-order valence-corrected chi connectivity index (χ0v) is 14.9. The van der Waals surface area contributed by atoms with Gasteiger partial charge in [0.1, 0.15) is 5.82 Å². The first-order valence-corrected chi connectivity index (χ1v) is 8.91. The molecule has 3 heterocycles. The molecular formula is C19H23N5O2. The highest BCUT2D eigenvalue weighted by Crippen LogP contribution is 2.26. The lowest BCUT2D eigenvalue weighted by molar-refractivity contribution is -0.130. The van der Waals surface area contributed by atoms with Crippen molar-refractivity contribution in [3.63, 3.8) is 0 Å². The fourth-order valence-corrected chi connectivity index (χ4v) is 3.44. The fraction of sp³-hybridized carbons (Fsp3) is 0.368. The molecule has 0 radical (unpaired) electrons. The smallest absolute Gasteiger partial charge is 0.257 e. The maximum Gasteiger partial charge on any atom is 0.257 e. The number of carbonyl (C=O) groups is 2. The molecule has 0 spiro atoms. The highest BCUT2D eigenvalue weighted by atomic mass is 16.2. The van der Waals surface area contributed by atoms with E-state index < -0.39 is 0 Å². The van der Waals surface area contributed by atoms with E-state index in [1.807, 2.05) is 30.4 Å². The number of fused-ring (bicyclic) bond motifs is 1. The van der Waals surface area contributed by atoms with Crippen LogP contribution >= 0.6 is 0 Å². The van der Waals surface area contributed by atoms with Gasteiger partial charge in [0, 0.05) is 32.7 Å². The van der Waals surface area contributed by atoms with Crippen molar-refractivity contribution in [2.24, 2.45) is 0 Å². The third-order valence-electron chi connectivity index (χ3n) is 5.03. The molecule has 3 aliphatic rings. The van der Waals surface area contributed by atoms with Crippen molar-refractivity contribution < 1.29 is 9.59 Å². The Bertz CT molecular complexity index is 793. The van der Waals surface area contributed by atoms with Crippen molar-refractivity contribution in [3.8, 4) is 0 Å². The van der Waals surface area contributed by atoms with Gasteiger partial charge in [-0.3, -0.25) is 19.4 Å². The van der Waals surface area contributed by atoms with Crippen molar-refractivity contribution in [2.75, 3.05) is 51.6 Å². The Labute approximate surface area is 152 Å². The molecule has 2 amide bonds. The number of nitrogens with zero attached hydrogens (tertiary/aromatic N) is 3. The summed E-state index contributed by atoms with van der Waals surface area (Å²) in [5.41, 5.74) is 1.91. The second-order valence-corrected chi connectivity index (χ2v) is 6.87. The normalized spacial score (nSPS) is 20.8. The minimum atomic E-state index is -0.170. The topological polar surface area (TPSA) is 67.9 Å². The summed E-state index contributed by atoms with van der Waals surface area (Å²) in [4.78, 5) is 31.6. The Morgan fingerprint density at radius 1 is 1.12 bits per heavy atom. The molecule has 7 heteroatoms. The van der Waals surface area contributed by atoms with Crippen LogP contribution in [0.1, 0.15) is 10.4 Å². The summed E-state index contributed by atoms with van der Waals surface area (Å²) in [6, 6.07) is 7.33. The van der Waals surface area contributed by atoms with Crippen LogP contribution < -0.4 is 10.6 Å². The van der Waals surface area contributed by atoms with E-state index in [-0.39, 0.29) is 11.8 Å². The zero-order chi connectivity index (χ0) is 18.1. The van der Waals surface area contributed by atoms with Crippen LogP contribution in [-0.4, -0.2) is 72.8 Å². The summed E-state index contributed by atoms with van der Waals surface area (Å²) >= 11 is 0. The summed E-state index contributed by atoms with van der Waals surface area (Å²) in [5.74, 6) is 0.508. The van der Waals surface area contributed by atoms with Gasteiger partial charge in [-0.05, 0) is 25.3 Å². The molecule has 26 heavy (non-hydrogen) atoms. The first-order chi connectivity index (χ1) is 12.6. The molecule has 2 N–H and O–H groups in total. The van der Waals surface area contributed by atoms with Gasteiger partial charge in [0.25, 0.3) is 5.91 Å². The summed E-state index contributed by atoms with van der Waals surface area (Å²) in [6.07, 6.45) is 3.75. The van der Waals surface area contributed by atoms with E-state index in [1.165, 1.54) is 0 Å². The Hall–Kier alpha value is -2.64.